The minimum atomic E-state index is -4.52. The molecule has 0 aliphatic carbocycles. The number of carboxylic acid groups (broad SMARTS) is 1. The average Bonchev–Trinajstić information content (AvgIpc) is 3.05. The lowest BCUT2D eigenvalue weighted by atomic mass is 10.1. The van der Waals surface area contributed by atoms with Gasteiger partial charge in [0.05, 0.1) is 6.61 Å². The number of nitrogens with zero attached hydrogens (tertiary/aromatic N) is 2. The molecule has 8 heteroatoms. The van der Waals surface area contributed by atoms with E-state index in [0.717, 1.165) is 29.7 Å². The van der Waals surface area contributed by atoms with Gasteiger partial charge in [0.2, 0.25) is 0 Å². The maximum Gasteiger partial charge on any atom is 0.458 e. The van der Waals surface area contributed by atoms with Crippen LogP contribution in [0.1, 0.15) is 36.9 Å². The molecule has 0 aliphatic heterocycles. The first-order chi connectivity index (χ1) is 14.7. The average molecular weight is 434 g/mol. The van der Waals surface area contributed by atoms with Gasteiger partial charge in [-0.25, -0.2) is 4.98 Å². The molecular formula is C23H25F3N2O3. The van der Waals surface area contributed by atoms with E-state index in [-0.39, 0.29) is 12.0 Å². The van der Waals surface area contributed by atoms with Gasteiger partial charge in [-0.3, -0.25) is 4.79 Å². The number of hydrogen-bond acceptors (Lipinski definition) is 3. The Morgan fingerprint density at radius 2 is 1.94 bits per heavy atom. The fraction of sp³-hybridized carbons (Fsp3) is 0.391. The zero-order valence-electron chi connectivity index (χ0n) is 17.3. The number of ether oxygens (including phenoxy) is 1. The van der Waals surface area contributed by atoms with E-state index in [0.29, 0.717) is 32.0 Å². The highest BCUT2D eigenvalue weighted by Gasteiger charge is 2.22. The molecule has 2 aromatic rings. The highest BCUT2D eigenvalue weighted by atomic mass is 19.4. The lowest BCUT2D eigenvalue weighted by Gasteiger charge is -2.13. The maximum atomic E-state index is 12.2. The Morgan fingerprint density at radius 1 is 1.23 bits per heavy atom. The van der Waals surface area contributed by atoms with Crippen LogP contribution in [0.25, 0.3) is 11.4 Å². The number of rotatable bonds is 11. The molecule has 0 saturated heterocycles. The Balaban J connectivity index is 1.91. The summed E-state index contributed by atoms with van der Waals surface area (Å²) in [5, 5.41) is 8.61. The van der Waals surface area contributed by atoms with E-state index in [4.69, 9.17) is 9.84 Å². The van der Waals surface area contributed by atoms with Gasteiger partial charge in [-0.15, -0.1) is 0 Å². The van der Waals surface area contributed by atoms with E-state index < -0.39 is 12.1 Å². The summed E-state index contributed by atoms with van der Waals surface area (Å²) >= 11 is 0. The second-order valence-corrected chi connectivity index (χ2v) is 7.14. The molecule has 0 bridgehead atoms. The predicted molar refractivity (Wildman–Crippen MR) is 111 cm³/mol. The van der Waals surface area contributed by atoms with Crippen LogP contribution in [-0.2, 0) is 16.1 Å². The number of hydrogen-bond donors (Lipinski definition) is 1. The quantitative estimate of drug-likeness (QED) is 0.307. The molecule has 0 radical (unpaired) electrons. The fourth-order valence-electron chi connectivity index (χ4n) is 2.88. The van der Waals surface area contributed by atoms with Crippen LogP contribution in [0.5, 0.6) is 0 Å². The summed E-state index contributed by atoms with van der Waals surface area (Å²) in [5.41, 5.74) is 2.81. The van der Waals surface area contributed by atoms with Crippen LogP contribution in [0.15, 0.2) is 42.6 Å². The molecule has 5 nitrogen and oxygen atoms in total. The molecule has 0 amide bonds. The number of aryl methyl sites for hydroxylation is 1. The normalized spacial score (nSPS) is 11.1. The van der Waals surface area contributed by atoms with E-state index >= 15 is 0 Å². The minimum absolute atomic E-state index is 0.172. The van der Waals surface area contributed by atoms with Crippen LogP contribution in [-0.4, -0.2) is 40.0 Å². The summed E-state index contributed by atoms with van der Waals surface area (Å²) in [6.07, 6.45) is -0.397. The van der Waals surface area contributed by atoms with Gasteiger partial charge in [0, 0.05) is 48.5 Å². The summed E-state index contributed by atoms with van der Waals surface area (Å²) in [6, 6.07) is 6.44. The standard InChI is InChI=1S/C23H25F3N2O3/c1-17(16-31-13-5-3-4-6-21(29)30)15-28-18(2)14-27-22(28)20-9-7-19(8-10-20)11-12-23(24,25)26/h7-10,14H,1,3-6,13,15-16H2,2H3,(H,29,30). The molecule has 31 heavy (non-hydrogen) atoms. The predicted octanol–water partition coefficient (Wildman–Crippen LogP) is 4.99. The van der Waals surface area contributed by atoms with Crippen molar-refractivity contribution in [3.63, 3.8) is 0 Å². The van der Waals surface area contributed by atoms with Crippen molar-refractivity contribution in [2.45, 2.75) is 45.3 Å². The number of aromatic nitrogens is 2. The van der Waals surface area contributed by atoms with Gasteiger partial charge >= 0.3 is 12.1 Å². The van der Waals surface area contributed by atoms with Crippen LogP contribution >= 0.6 is 0 Å². The summed E-state index contributed by atoms with van der Waals surface area (Å²) in [4.78, 5) is 14.9. The summed E-state index contributed by atoms with van der Waals surface area (Å²) in [7, 11) is 0. The van der Waals surface area contributed by atoms with Crippen molar-refractivity contribution in [2.75, 3.05) is 13.2 Å². The van der Waals surface area contributed by atoms with E-state index in [1.165, 1.54) is 18.1 Å². The smallest absolute Gasteiger partial charge is 0.458 e. The summed E-state index contributed by atoms with van der Waals surface area (Å²) in [5.74, 6) is 3.25. The largest absolute Gasteiger partial charge is 0.481 e. The molecule has 1 aromatic carbocycles. The van der Waals surface area contributed by atoms with E-state index in [1.807, 2.05) is 11.5 Å². The highest BCUT2D eigenvalue weighted by molar-refractivity contribution is 5.66. The molecule has 0 spiro atoms. The first-order valence-electron chi connectivity index (χ1n) is 9.84. The van der Waals surface area contributed by atoms with Crippen LogP contribution in [0.3, 0.4) is 0 Å². The first kappa shape index (κ1) is 24.2. The van der Waals surface area contributed by atoms with Gasteiger partial charge in [-0.2, -0.15) is 13.2 Å². The third-order valence-electron chi connectivity index (χ3n) is 4.41. The van der Waals surface area contributed by atoms with Gasteiger partial charge in [0.15, 0.2) is 0 Å². The number of imidazole rings is 1. The van der Waals surface area contributed by atoms with Crippen molar-refractivity contribution >= 4 is 5.97 Å². The molecule has 0 saturated carbocycles. The molecule has 0 aliphatic rings. The van der Waals surface area contributed by atoms with E-state index in [2.05, 4.69) is 17.5 Å². The number of benzene rings is 1. The Hall–Kier alpha value is -3.05. The Kier molecular flexibility index (Phi) is 8.88. The molecular weight excluding hydrogens is 409 g/mol. The topological polar surface area (TPSA) is 64.3 Å². The van der Waals surface area contributed by atoms with Crippen molar-refractivity contribution in [2.24, 2.45) is 0 Å². The Bertz CT molecular complexity index is 951. The molecule has 2 rings (SSSR count). The third-order valence-corrected chi connectivity index (χ3v) is 4.41. The number of unbranched alkanes of at least 4 members (excludes halogenated alkanes) is 2. The number of aliphatic carboxylic acids is 1. The lowest BCUT2D eigenvalue weighted by molar-refractivity contribution is -0.137. The van der Waals surface area contributed by atoms with E-state index in [9.17, 15) is 18.0 Å². The molecule has 0 fully saturated rings. The van der Waals surface area contributed by atoms with Gasteiger partial charge in [-0.1, -0.05) is 31.1 Å². The molecule has 1 aromatic heterocycles. The summed E-state index contributed by atoms with van der Waals surface area (Å²) < 4.78 is 44.3. The summed E-state index contributed by atoms with van der Waals surface area (Å²) in [6.45, 7) is 7.37. The van der Waals surface area contributed by atoms with Gasteiger partial charge in [0.25, 0.3) is 0 Å². The van der Waals surface area contributed by atoms with Crippen molar-refractivity contribution in [3.8, 4) is 23.2 Å². The monoisotopic (exact) mass is 434 g/mol. The SMILES string of the molecule is C=C(COCCCCCC(=O)O)Cn1c(C)cnc1-c1ccc(C#CC(F)(F)F)cc1. The van der Waals surface area contributed by atoms with Crippen molar-refractivity contribution in [1.82, 2.24) is 9.55 Å². The zero-order chi connectivity index (χ0) is 22.9. The number of alkyl halides is 3. The second-order valence-electron chi connectivity index (χ2n) is 7.14. The lowest BCUT2D eigenvalue weighted by Crippen LogP contribution is -2.09. The van der Waals surface area contributed by atoms with Gasteiger partial charge in [0.1, 0.15) is 5.82 Å². The minimum Gasteiger partial charge on any atom is -0.481 e. The highest BCUT2D eigenvalue weighted by Crippen LogP contribution is 2.21. The van der Waals surface area contributed by atoms with Crippen LogP contribution in [0, 0.1) is 18.8 Å². The number of carbonyl (C=O) groups is 1. The Morgan fingerprint density at radius 3 is 2.58 bits per heavy atom. The molecule has 1 N–H and O–H groups in total. The van der Waals surface area contributed by atoms with Crippen molar-refractivity contribution in [3.05, 3.63) is 53.9 Å². The van der Waals surface area contributed by atoms with Crippen LogP contribution < -0.4 is 0 Å². The maximum absolute atomic E-state index is 12.2. The van der Waals surface area contributed by atoms with Gasteiger partial charge < -0.3 is 14.4 Å². The molecule has 1 heterocycles. The third kappa shape index (κ3) is 8.69. The number of carboxylic acids is 1. The van der Waals surface area contributed by atoms with E-state index in [1.54, 1.807) is 18.3 Å². The van der Waals surface area contributed by atoms with Crippen LogP contribution in [0.2, 0.25) is 0 Å². The van der Waals surface area contributed by atoms with Gasteiger partial charge in [-0.05, 0) is 37.5 Å². The molecule has 166 valence electrons. The van der Waals surface area contributed by atoms with Crippen molar-refractivity contribution in [1.29, 1.82) is 0 Å². The Labute approximate surface area is 179 Å². The van der Waals surface area contributed by atoms with Crippen LogP contribution in [0.4, 0.5) is 13.2 Å². The first-order valence-corrected chi connectivity index (χ1v) is 9.84. The molecule has 0 atom stereocenters. The molecule has 0 unspecified atom stereocenters. The zero-order valence-corrected chi connectivity index (χ0v) is 17.3. The number of halogens is 3. The fourth-order valence-corrected chi connectivity index (χ4v) is 2.88. The second kappa shape index (κ2) is 11.4. The van der Waals surface area contributed by atoms with Crippen molar-refractivity contribution < 1.29 is 27.8 Å².